The summed E-state index contributed by atoms with van der Waals surface area (Å²) in [6.45, 7) is 10.4. The van der Waals surface area contributed by atoms with Gasteiger partial charge in [-0.25, -0.2) is 0 Å². The molecule has 2 aliphatic rings. The lowest BCUT2D eigenvalue weighted by atomic mass is 9.72. The average molecular weight is 403 g/mol. The second kappa shape index (κ2) is 9.64. The molecule has 1 saturated heterocycles. The number of halogens is 3. The quantitative estimate of drug-likeness (QED) is 0.585. The maximum Gasteiger partial charge on any atom is 0.471 e. The number of hydrogen-bond acceptors (Lipinski definition) is 2. The van der Waals surface area contributed by atoms with E-state index in [2.05, 4.69) is 39.1 Å². The highest BCUT2D eigenvalue weighted by atomic mass is 19.4. The molecule has 0 aromatic rings. The van der Waals surface area contributed by atoms with Crippen LogP contribution in [0.25, 0.3) is 0 Å². The van der Waals surface area contributed by atoms with Gasteiger partial charge in [-0.3, -0.25) is 4.79 Å². The van der Waals surface area contributed by atoms with E-state index in [1.807, 2.05) is 0 Å². The number of likely N-dealkylation sites (tertiary alicyclic amines) is 1. The van der Waals surface area contributed by atoms with Gasteiger partial charge in [-0.1, -0.05) is 45.8 Å². The van der Waals surface area contributed by atoms with Crippen molar-refractivity contribution in [3.8, 4) is 0 Å². The summed E-state index contributed by atoms with van der Waals surface area (Å²) in [6.07, 6.45) is 4.82. The summed E-state index contributed by atoms with van der Waals surface area (Å²) in [4.78, 5) is 12.3. The van der Waals surface area contributed by atoms with Gasteiger partial charge in [0.25, 0.3) is 0 Å². The molecule has 2 rings (SSSR count). The maximum atomic E-state index is 12.6. The molecule has 0 saturated carbocycles. The fraction of sp³-hybridized carbons (Fsp3) is 0.864. The Balaban J connectivity index is 1.85. The number of carbonyl (C=O) groups is 1. The molecule has 28 heavy (non-hydrogen) atoms. The number of carbonyl (C=O) groups excluding carboxylic acids is 1. The lowest BCUT2D eigenvalue weighted by Gasteiger charge is -2.39. The van der Waals surface area contributed by atoms with Crippen LogP contribution in [0.15, 0.2) is 11.6 Å². The van der Waals surface area contributed by atoms with Crippen molar-refractivity contribution in [2.45, 2.75) is 84.9 Å². The molecule has 0 bridgehead atoms. The number of allylic oxidation sites excluding steroid dienone is 1. The van der Waals surface area contributed by atoms with E-state index in [-0.39, 0.29) is 24.5 Å². The Morgan fingerprint density at radius 2 is 2.00 bits per heavy atom. The van der Waals surface area contributed by atoms with Crippen molar-refractivity contribution >= 4 is 5.91 Å². The number of hydrogen-bond donors (Lipinski definition) is 1. The van der Waals surface area contributed by atoms with E-state index in [1.54, 1.807) is 5.57 Å². The van der Waals surface area contributed by atoms with Gasteiger partial charge in [-0.2, -0.15) is 13.2 Å². The first-order valence-electron chi connectivity index (χ1n) is 10.8. The molecule has 0 radical (unpaired) electrons. The molecule has 0 spiro atoms. The van der Waals surface area contributed by atoms with Crippen molar-refractivity contribution < 1.29 is 18.0 Å². The van der Waals surface area contributed by atoms with Gasteiger partial charge < -0.3 is 10.2 Å². The zero-order valence-electron chi connectivity index (χ0n) is 17.9. The third kappa shape index (κ3) is 6.78. The number of amides is 1. The van der Waals surface area contributed by atoms with Crippen molar-refractivity contribution in [2.75, 3.05) is 19.6 Å². The van der Waals surface area contributed by atoms with Crippen molar-refractivity contribution in [1.82, 2.24) is 10.2 Å². The SMILES string of the molecule is CCC(C)CCC1=CC(C)(CNC2CCN(C(=O)C(F)(F)F)CC2)CC(C)C1. The van der Waals surface area contributed by atoms with Crippen LogP contribution in [0.2, 0.25) is 0 Å². The standard InChI is InChI=1S/C22H37F3N2O/c1-5-16(2)6-7-18-12-17(3)13-21(4,14-18)15-26-19-8-10-27(11-9-19)20(28)22(23,24)25/h14,16-17,19,26H,5-13,15H2,1-4H3. The van der Waals surface area contributed by atoms with E-state index in [4.69, 9.17) is 0 Å². The van der Waals surface area contributed by atoms with Crippen molar-refractivity contribution in [3.05, 3.63) is 11.6 Å². The van der Waals surface area contributed by atoms with Gasteiger partial charge in [-0.15, -0.1) is 0 Å². The molecule has 1 fully saturated rings. The van der Waals surface area contributed by atoms with E-state index >= 15 is 0 Å². The summed E-state index contributed by atoms with van der Waals surface area (Å²) in [6, 6.07) is 0.184. The zero-order chi connectivity index (χ0) is 20.9. The Morgan fingerprint density at radius 3 is 2.57 bits per heavy atom. The predicted octanol–water partition coefficient (Wildman–Crippen LogP) is 5.32. The Bertz CT molecular complexity index is 552. The maximum absolute atomic E-state index is 12.6. The highest BCUT2D eigenvalue weighted by molar-refractivity contribution is 5.81. The number of nitrogens with one attached hydrogen (secondary N) is 1. The molecule has 0 aromatic heterocycles. The van der Waals surface area contributed by atoms with Crippen LogP contribution in [0.5, 0.6) is 0 Å². The predicted molar refractivity (Wildman–Crippen MR) is 107 cm³/mol. The molecule has 1 N–H and O–H groups in total. The normalized spacial score (nSPS) is 28.2. The number of nitrogens with zero attached hydrogens (tertiary/aromatic N) is 1. The highest BCUT2D eigenvalue weighted by Crippen LogP contribution is 2.39. The van der Waals surface area contributed by atoms with Crippen LogP contribution < -0.4 is 5.32 Å². The minimum Gasteiger partial charge on any atom is -0.335 e. The fourth-order valence-corrected chi connectivity index (χ4v) is 4.70. The van der Waals surface area contributed by atoms with E-state index in [0.29, 0.717) is 18.8 Å². The number of alkyl halides is 3. The van der Waals surface area contributed by atoms with Gasteiger partial charge in [-0.05, 0) is 55.8 Å². The first-order valence-corrected chi connectivity index (χ1v) is 10.8. The van der Waals surface area contributed by atoms with Crippen LogP contribution in [0, 0.1) is 17.3 Å². The highest BCUT2D eigenvalue weighted by Gasteiger charge is 2.43. The van der Waals surface area contributed by atoms with E-state index < -0.39 is 12.1 Å². The Morgan fingerprint density at radius 1 is 1.36 bits per heavy atom. The molecule has 162 valence electrons. The zero-order valence-corrected chi connectivity index (χ0v) is 17.9. The molecule has 1 aliphatic carbocycles. The first kappa shape index (κ1) is 23.2. The van der Waals surface area contributed by atoms with E-state index in [0.717, 1.165) is 23.8 Å². The summed E-state index contributed by atoms with van der Waals surface area (Å²) in [5.41, 5.74) is 1.66. The third-order valence-corrected chi connectivity index (χ3v) is 6.45. The van der Waals surface area contributed by atoms with E-state index in [9.17, 15) is 18.0 Å². The average Bonchev–Trinajstić information content (AvgIpc) is 2.63. The van der Waals surface area contributed by atoms with Gasteiger partial charge in [0, 0.05) is 25.7 Å². The number of piperidine rings is 1. The van der Waals surface area contributed by atoms with Crippen molar-refractivity contribution in [3.63, 3.8) is 0 Å². The minimum absolute atomic E-state index is 0.0986. The van der Waals surface area contributed by atoms with Crippen LogP contribution in [0.3, 0.4) is 0 Å². The van der Waals surface area contributed by atoms with Crippen LogP contribution in [0.4, 0.5) is 13.2 Å². The van der Waals surface area contributed by atoms with Crippen LogP contribution >= 0.6 is 0 Å². The van der Waals surface area contributed by atoms with Crippen LogP contribution in [0.1, 0.15) is 72.6 Å². The molecule has 1 heterocycles. The smallest absolute Gasteiger partial charge is 0.335 e. The van der Waals surface area contributed by atoms with E-state index in [1.165, 1.54) is 25.7 Å². The second-order valence-corrected chi connectivity index (χ2v) is 9.47. The topological polar surface area (TPSA) is 32.3 Å². The molecule has 3 nitrogen and oxygen atoms in total. The Labute approximate surface area is 168 Å². The summed E-state index contributed by atoms with van der Waals surface area (Å²) >= 11 is 0. The van der Waals surface area contributed by atoms with Crippen molar-refractivity contribution in [1.29, 1.82) is 0 Å². The van der Waals surface area contributed by atoms with Gasteiger partial charge in [0.05, 0.1) is 0 Å². The van der Waals surface area contributed by atoms with Crippen LogP contribution in [-0.2, 0) is 4.79 Å². The molecular weight excluding hydrogens is 365 g/mol. The summed E-state index contributed by atoms with van der Waals surface area (Å²) in [5, 5.41) is 3.58. The monoisotopic (exact) mass is 402 g/mol. The lowest BCUT2D eigenvalue weighted by Crippen LogP contribution is -2.50. The summed E-state index contributed by atoms with van der Waals surface area (Å²) in [5.74, 6) is -0.282. The molecule has 3 unspecified atom stereocenters. The van der Waals surface area contributed by atoms with Gasteiger partial charge in [0.2, 0.25) is 0 Å². The third-order valence-electron chi connectivity index (χ3n) is 6.45. The summed E-state index contributed by atoms with van der Waals surface area (Å²) < 4.78 is 37.7. The molecule has 3 atom stereocenters. The molecular formula is C22H37F3N2O. The molecule has 6 heteroatoms. The molecule has 1 aliphatic heterocycles. The number of rotatable bonds is 7. The Hall–Kier alpha value is -1.04. The lowest BCUT2D eigenvalue weighted by molar-refractivity contribution is -0.186. The molecule has 1 amide bonds. The van der Waals surface area contributed by atoms with Crippen molar-refractivity contribution in [2.24, 2.45) is 17.3 Å². The van der Waals surface area contributed by atoms with Gasteiger partial charge >= 0.3 is 12.1 Å². The first-order chi connectivity index (χ1) is 13.0. The minimum atomic E-state index is -4.76. The summed E-state index contributed by atoms with van der Waals surface area (Å²) in [7, 11) is 0. The largest absolute Gasteiger partial charge is 0.471 e. The fourth-order valence-electron chi connectivity index (χ4n) is 4.70. The Kier molecular flexibility index (Phi) is 8.00. The van der Waals surface area contributed by atoms with Crippen LogP contribution in [-0.4, -0.2) is 42.7 Å². The van der Waals surface area contributed by atoms with Gasteiger partial charge in [0.1, 0.15) is 0 Å². The second-order valence-electron chi connectivity index (χ2n) is 9.47. The van der Waals surface area contributed by atoms with Gasteiger partial charge in [0.15, 0.2) is 0 Å². The molecule has 0 aromatic carbocycles.